The predicted octanol–water partition coefficient (Wildman–Crippen LogP) is 4.83. The van der Waals surface area contributed by atoms with E-state index in [4.69, 9.17) is 9.72 Å². The fraction of sp³-hybridized carbons (Fsp3) is 0.375. The molecule has 1 saturated heterocycles. The molecule has 0 saturated carbocycles. The minimum atomic E-state index is -0.571. The van der Waals surface area contributed by atoms with Crippen molar-refractivity contribution in [3.63, 3.8) is 0 Å². The van der Waals surface area contributed by atoms with Gasteiger partial charge >= 0.3 is 6.09 Å². The van der Waals surface area contributed by atoms with Gasteiger partial charge in [-0.25, -0.2) is 19.2 Å². The first-order chi connectivity index (χ1) is 15.5. The summed E-state index contributed by atoms with van der Waals surface area (Å²) in [7, 11) is 0. The summed E-state index contributed by atoms with van der Waals surface area (Å²) in [6, 6.07) is 10.1. The van der Waals surface area contributed by atoms with Gasteiger partial charge < -0.3 is 20.1 Å². The highest BCUT2D eigenvalue weighted by Crippen LogP contribution is 2.35. The lowest BCUT2D eigenvalue weighted by atomic mass is 9.97. The van der Waals surface area contributed by atoms with Gasteiger partial charge in [0.15, 0.2) is 5.82 Å². The molecule has 33 heavy (non-hydrogen) atoms. The highest BCUT2D eigenvalue weighted by molar-refractivity contribution is 5.92. The number of phenolic OH excluding ortho intramolecular Hbond substituents is 1. The summed E-state index contributed by atoms with van der Waals surface area (Å²) in [5.74, 6) is 0.319. The third-order valence-corrected chi connectivity index (χ3v) is 5.68. The van der Waals surface area contributed by atoms with Crippen molar-refractivity contribution in [3.8, 4) is 17.1 Å². The monoisotopic (exact) mass is 474 g/mol. The van der Waals surface area contributed by atoms with Gasteiger partial charge in [-0.3, -0.25) is 0 Å². The second-order valence-corrected chi connectivity index (χ2v) is 8.08. The normalized spacial score (nSPS) is 15.7. The molecule has 176 valence electrons. The number of nitrogens with zero attached hydrogens (tertiary/aromatic N) is 3. The molecule has 1 atom stereocenters. The third-order valence-electron chi connectivity index (χ3n) is 5.68. The van der Waals surface area contributed by atoms with Crippen LogP contribution < -0.4 is 10.2 Å². The zero-order chi connectivity index (χ0) is 22.7. The van der Waals surface area contributed by atoms with Gasteiger partial charge in [0, 0.05) is 25.0 Å². The van der Waals surface area contributed by atoms with E-state index in [9.17, 15) is 14.3 Å². The highest BCUT2D eigenvalue weighted by Gasteiger charge is 2.25. The number of alkyl carbamates (subject to hydrolysis) is 1. The second-order valence-electron chi connectivity index (χ2n) is 8.08. The summed E-state index contributed by atoms with van der Waals surface area (Å²) in [4.78, 5) is 23.1. The van der Waals surface area contributed by atoms with E-state index in [0.717, 1.165) is 30.3 Å². The third kappa shape index (κ3) is 5.45. The number of anilines is 1. The summed E-state index contributed by atoms with van der Waals surface area (Å²) in [5, 5.41) is 14.0. The van der Waals surface area contributed by atoms with Crippen LogP contribution in [0, 0.1) is 18.7 Å². The van der Waals surface area contributed by atoms with Crippen LogP contribution in [-0.4, -0.2) is 47.4 Å². The molecule has 1 aliphatic rings. The molecular weight excluding hydrogens is 447 g/mol. The first-order valence-electron chi connectivity index (χ1n) is 10.9. The number of carbonyl (C=O) groups excluding carboxylic acids is 1. The van der Waals surface area contributed by atoms with E-state index >= 15 is 0 Å². The smallest absolute Gasteiger partial charge is 0.407 e. The van der Waals surface area contributed by atoms with Gasteiger partial charge in [0.2, 0.25) is 0 Å². The number of phenols is 1. The number of fused-ring (bicyclic) bond motifs is 1. The Balaban J connectivity index is 0.00000306. The molecule has 3 aromatic rings. The summed E-state index contributed by atoms with van der Waals surface area (Å²) in [5.41, 5.74) is 1.72. The van der Waals surface area contributed by atoms with Crippen molar-refractivity contribution in [1.29, 1.82) is 0 Å². The Hall–Kier alpha value is -3.13. The van der Waals surface area contributed by atoms with Crippen LogP contribution in [0.3, 0.4) is 0 Å². The molecule has 0 unspecified atom stereocenters. The number of halogens is 2. The second kappa shape index (κ2) is 10.7. The van der Waals surface area contributed by atoms with E-state index in [1.807, 2.05) is 25.1 Å². The molecule has 0 spiro atoms. The topological polar surface area (TPSA) is 87.6 Å². The number of amides is 1. The highest BCUT2D eigenvalue weighted by atomic mass is 35.5. The fourth-order valence-electron chi connectivity index (χ4n) is 4.14. The molecule has 9 heteroatoms. The Morgan fingerprint density at radius 3 is 2.88 bits per heavy atom. The lowest BCUT2D eigenvalue weighted by Gasteiger charge is -2.34. The lowest BCUT2D eigenvalue weighted by molar-refractivity contribution is 0.150. The minimum Gasteiger partial charge on any atom is -0.507 e. The maximum Gasteiger partial charge on any atom is 0.407 e. The average molecular weight is 475 g/mol. The summed E-state index contributed by atoms with van der Waals surface area (Å²) >= 11 is 0. The largest absolute Gasteiger partial charge is 0.507 e. The molecule has 4 rings (SSSR count). The molecule has 0 aliphatic carbocycles. The number of aromatic nitrogens is 2. The van der Waals surface area contributed by atoms with Gasteiger partial charge in [-0.2, -0.15) is 0 Å². The number of aryl methyl sites for hydroxylation is 1. The molecule has 0 radical (unpaired) electrons. The number of ether oxygens (including phenoxy) is 1. The SMILES string of the molecule is CCOC(=O)NC[C@@H]1CCCN(c2nc(-c3c(O)cccc3F)nc3cc(C)ccc23)C1.Cl. The number of nitrogens with one attached hydrogen (secondary N) is 1. The predicted molar refractivity (Wildman–Crippen MR) is 129 cm³/mol. The zero-order valence-electron chi connectivity index (χ0n) is 18.7. The van der Waals surface area contributed by atoms with Gasteiger partial charge in [0.25, 0.3) is 0 Å². The van der Waals surface area contributed by atoms with Gasteiger partial charge in [-0.05, 0) is 62.4 Å². The van der Waals surface area contributed by atoms with Crippen LogP contribution in [0.4, 0.5) is 15.0 Å². The van der Waals surface area contributed by atoms with Crippen LogP contribution in [0.25, 0.3) is 22.3 Å². The van der Waals surface area contributed by atoms with E-state index in [1.54, 1.807) is 6.92 Å². The van der Waals surface area contributed by atoms with Gasteiger partial charge in [-0.15, -0.1) is 12.4 Å². The quantitative estimate of drug-likeness (QED) is 0.550. The maximum atomic E-state index is 14.6. The Morgan fingerprint density at radius 2 is 2.12 bits per heavy atom. The molecule has 2 aromatic carbocycles. The molecule has 1 fully saturated rings. The number of aromatic hydroxyl groups is 1. The fourth-order valence-corrected chi connectivity index (χ4v) is 4.14. The van der Waals surface area contributed by atoms with Crippen LogP contribution in [-0.2, 0) is 4.74 Å². The first kappa shape index (κ1) is 24.5. The Morgan fingerprint density at radius 1 is 1.30 bits per heavy atom. The van der Waals surface area contributed by atoms with E-state index < -0.39 is 11.9 Å². The van der Waals surface area contributed by atoms with Crippen LogP contribution in [0.1, 0.15) is 25.3 Å². The van der Waals surface area contributed by atoms with Gasteiger partial charge in [-0.1, -0.05) is 12.1 Å². The van der Waals surface area contributed by atoms with Crippen LogP contribution in [0.15, 0.2) is 36.4 Å². The van der Waals surface area contributed by atoms with Crippen molar-refractivity contribution in [2.75, 3.05) is 31.1 Å². The molecule has 1 aromatic heterocycles. The lowest BCUT2D eigenvalue weighted by Crippen LogP contribution is -2.41. The number of hydrogen-bond donors (Lipinski definition) is 2. The molecule has 2 heterocycles. The standard InChI is InChI=1S/C24H27FN4O3.ClH/c1-3-32-24(31)26-13-16-6-5-11-29(14-16)23-17-10-9-15(2)12-19(17)27-22(28-23)21-18(25)7-4-8-20(21)30;/h4,7-10,12,16,30H,3,5-6,11,13-14H2,1-2H3,(H,26,31);1H/t16-;/m0./s1. The number of benzene rings is 2. The van der Waals surface area contributed by atoms with E-state index in [-0.39, 0.29) is 35.5 Å². The molecule has 1 amide bonds. The number of piperidine rings is 1. The van der Waals surface area contributed by atoms with Crippen molar-refractivity contribution >= 4 is 35.2 Å². The maximum absolute atomic E-state index is 14.6. The molecular formula is C24H28ClFN4O3. The molecule has 2 N–H and O–H groups in total. The molecule has 1 aliphatic heterocycles. The van der Waals surface area contributed by atoms with Gasteiger partial charge in [0.1, 0.15) is 17.4 Å². The Labute approximate surface area is 198 Å². The Bertz CT molecular complexity index is 1120. The van der Waals surface area contributed by atoms with E-state index in [1.165, 1.54) is 18.2 Å². The van der Waals surface area contributed by atoms with Crippen molar-refractivity contribution in [2.24, 2.45) is 5.92 Å². The number of hydrogen-bond acceptors (Lipinski definition) is 6. The van der Waals surface area contributed by atoms with E-state index in [2.05, 4.69) is 15.2 Å². The molecule has 7 nitrogen and oxygen atoms in total. The zero-order valence-corrected chi connectivity index (χ0v) is 19.5. The number of rotatable bonds is 5. The number of carbonyl (C=O) groups is 1. The van der Waals surface area contributed by atoms with Crippen molar-refractivity contribution in [3.05, 3.63) is 47.8 Å². The summed E-state index contributed by atoms with van der Waals surface area (Å²) < 4.78 is 19.5. The summed E-state index contributed by atoms with van der Waals surface area (Å²) in [6.45, 7) is 6.07. The average Bonchev–Trinajstić information content (AvgIpc) is 2.77. The van der Waals surface area contributed by atoms with E-state index in [0.29, 0.717) is 31.0 Å². The van der Waals surface area contributed by atoms with Gasteiger partial charge in [0.05, 0.1) is 17.7 Å². The Kier molecular flexibility index (Phi) is 7.92. The first-order valence-corrected chi connectivity index (χ1v) is 10.9. The van der Waals surface area contributed by atoms with Crippen molar-refractivity contribution < 1.29 is 19.0 Å². The van der Waals surface area contributed by atoms with Crippen molar-refractivity contribution in [1.82, 2.24) is 15.3 Å². The van der Waals surface area contributed by atoms with Crippen LogP contribution in [0.2, 0.25) is 0 Å². The molecule has 0 bridgehead atoms. The van der Waals surface area contributed by atoms with Crippen LogP contribution >= 0.6 is 12.4 Å². The minimum absolute atomic E-state index is 0. The summed E-state index contributed by atoms with van der Waals surface area (Å²) in [6.07, 6.45) is 1.50. The van der Waals surface area contributed by atoms with Crippen molar-refractivity contribution in [2.45, 2.75) is 26.7 Å². The van der Waals surface area contributed by atoms with Crippen LogP contribution in [0.5, 0.6) is 5.75 Å².